The number of nitrogens with one attached hydrogen (secondary N) is 1. The summed E-state index contributed by atoms with van der Waals surface area (Å²) in [7, 11) is 0. The summed E-state index contributed by atoms with van der Waals surface area (Å²) in [5.41, 5.74) is 1.17. The van der Waals surface area contributed by atoms with Crippen LogP contribution in [0.25, 0.3) is 0 Å². The molecule has 1 aromatic rings. The van der Waals surface area contributed by atoms with Crippen molar-refractivity contribution >= 4 is 11.9 Å². The van der Waals surface area contributed by atoms with Crippen LogP contribution in [0.5, 0.6) is 0 Å². The minimum absolute atomic E-state index is 0.158. The lowest BCUT2D eigenvalue weighted by molar-refractivity contribution is -0.142. The van der Waals surface area contributed by atoms with Crippen LogP contribution in [-0.4, -0.2) is 40.5 Å². The summed E-state index contributed by atoms with van der Waals surface area (Å²) in [5.74, 6) is -1.11. The number of carboxylic acids is 1. The van der Waals surface area contributed by atoms with E-state index in [-0.39, 0.29) is 11.9 Å². The van der Waals surface area contributed by atoms with Gasteiger partial charge in [-0.1, -0.05) is 43.7 Å². The van der Waals surface area contributed by atoms with Gasteiger partial charge in [-0.3, -0.25) is 9.69 Å². The Bertz CT molecular complexity index is 504. The number of likely N-dealkylation sites (tertiary alicyclic amines) is 1. The number of carboxylic acid groups (broad SMARTS) is 1. The topological polar surface area (TPSA) is 69.6 Å². The van der Waals surface area contributed by atoms with E-state index in [9.17, 15) is 9.59 Å². The van der Waals surface area contributed by atoms with Gasteiger partial charge in [0, 0.05) is 6.54 Å². The lowest BCUT2D eigenvalue weighted by atomic mass is 10.1. The summed E-state index contributed by atoms with van der Waals surface area (Å²) in [4.78, 5) is 25.7. The highest BCUT2D eigenvalue weighted by molar-refractivity contribution is 5.87. The number of amides is 1. The Balaban J connectivity index is 1.97. The lowest BCUT2D eigenvalue weighted by Gasteiger charge is -2.25. The van der Waals surface area contributed by atoms with Crippen molar-refractivity contribution < 1.29 is 14.7 Å². The average Bonchev–Trinajstić information content (AvgIpc) is 2.96. The van der Waals surface area contributed by atoms with Crippen molar-refractivity contribution in [2.75, 3.05) is 6.54 Å². The molecule has 1 aliphatic rings. The van der Waals surface area contributed by atoms with Gasteiger partial charge in [-0.2, -0.15) is 0 Å². The molecule has 0 bridgehead atoms. The molecule has 2 unspecified atom stereocenters. The molecule has 2 N–H and O–H groups in total. The number of benzene rings is 1. The molecule has 1 fully saturated rings. The third kappa shape index (κ3) is 4.31. The van der Waals surface area contributed by atoms with Gasteiger partial charge in [-0.05, 0) is 31.4 Å². The Hall–Kier alpha value is -1.88. The summed E-state index contributed by atoms with van der Waals surface area (Å²) >= 11 is 0. The number of carbonyl (C=O) groups is 2. The zero-order valence-corrected chi connectivity index (χ0v) is 13.0. The highest BCUT2D eigenvalue weighted by Gasteiger charge is 2.32. The summed E-state index contributed by atoms with van der Waals surface area (Å²) in [5, 5.41) is 11.9. The van der Waals surface area contributed by atoms with Crippen LogP contribution in [0.1, 0.15) is 38.2 Å². The second-order valence-corrected chi connectivity index (χ2v) is 5.80. The van der Waals surface area contributed by atoms with Crippen molar-refractivity contribution in [2.24, 2.45) is 0 Å². The van der Waals surface area contributed by atoms with Crippen molar-refractivity contribution in [1.82, 2.24) is 10.2 Å². The van der Waals surface area contributed by atoms with Gasteiger partial charge in [0.05, 0.1) is 6.04 Å². The van der Waals surface area contributed by atoms with Crippen LogP contribution in [0.2, 0.25) is 0 Å². The van der Waals surface area contributed by atoms with Crippen molar-refractivity contribution in [3.05, 3.63) is 35.9 Å². The molecule has 0 aliphatic carbocycles. The number of hydrogen-bond acceptors (Lipinski definition) is 3. The Morgan fingerprint density at radius 3 is 2.73 bits per heavy atom. The first-order chi connectivity index (χ1) is 10.6. The molecule has 120 valence electrons. The van der Waals surface area contributed by atoms with E-state index in [0.29, 0.717) is 6.42 Å². The molecule has 0 saturated carbocycles. The quantitative estimate of drug-likeness (QED) is 0.808. The van der Waals surface area contributed by atoms with E-state index in [4.69, 9.17) is 5.11 Å². The molecule has 2 atom stereocenters. The molecule has 0 aromatic heterocycles. The first-order valence-electron chi connectivity index (χ1n) is 7.93. The van der Waals surface area contributed by atoms with Gasteiger partial charge < -0.3 is 10.4 Å². The minimum Gasteiger partial charge on any atom is -0.480 e. The highest BCUT2D eigenvalue weighted by atomic mass is 16.4. The normalized spacial score (nSPS) is 19.8. The maximum Gasteiger partial charge on any atom is 0.326 e. The van der Waals surface area contributed by atoms with Gasteiger partial charge in [0.1, 0.15) is 6.04 Å². The first kappa shape index (κ1) is 16.5. The molecule has 1 aliphatic heterocycles. The largest absolute Gasteiger partial charge is 0.480 e. The van der Waals surface area contributed by atoms with E-state index >= 15 is 0 Å². The van der Waals surface area contributed by atoms with Gasteiger partial charge in [-0.15, -0.1) is 0 Å². The molecule has 0 spiro atoms. The number of rotatable bonds is 7. The molecule has 1 heterocycles. The summed E-state index contributed by atoms with van der Waals surface area (Å²) < 4.78 is 0. The molecule has 1 amide bonds. The number of aliphatic carboxylic acids is 1. The van der Waals surface area contributed by atoms with E-state index in [0.717, 1.165) is 32.4 Å². The summed E-state index contributed by atoms with van der Waals surface area (Å²) in [6.07, 6.45) is 2.95. The monoisotopic (exact) mass is 304 g/mol. The molecule has 1 saturated heterocycles. The van der Waals surface area contributed by atoms with Crippen LogP contribution >= 0.6 is 0 Å². The standard InChI is InChI=1S/C17H24N2O3/c1-2-7-14(17(21)22)18-16(20)15-10-6-11-19(15)12-13-8-4-3-5-9-13/h3-5,8-9,14-15H,2,6-7,10-12H2,1H3,(H,18,20)(H,21,22). The highest BCUT2D eigenvalue weighted by Crippen LogP contribution is 2.20. The molecule has 2 rings (SSSR count). The fraction of sp³-hybridized carbons (Fsp3) is 0.529. The second kappa shape index (κ2) is 7.94. The molecule has 22 heavy (non-hydrogen) atoms. The van der Waals surface area contributed by atoms with Crippen molar-refractivity contribution in [1.29, 1.82) is 0 Å². The van der Waals surface area contributed by atoms with Gasteiger partial charge >= 0.3 is 5.97 Å². The van der Waals surface area contributed by atoms with E-state index in [1.54, 1.807) is 0 Å². The van der Waals surface area contributed by atoms with Gasteiger partial charge in [-0.25, -0.2) is 4.79 Å². The smallest absolute Gasteiger partial charge is 0.326 e. The fourth-order valence-corrected chi connectivity index (χ4v) is 2.94. The number of nitrogens with zero attached hydrogens (tertiary/aromatic N) is 1. The van der Waals surface area contributed by atoms with Crippen LogP contribution in [0.15, 0.2) is 30.3 Å². The number of carbonyl (C=O) groups excluding carboxylic acids is 1. The fourth-order valence-electron chi connectivity index (χ4n) is 2.94. The predicted molar refractivity (Wildman–Crippen MR) is 84.3 cm³/mol. The first-order valence-corrected chi connectivity index (χ1v) is 7.93. The molecular weight excluding hydrogens is 280 g/mol. The zero-order valence-electron chi connectivity index (χ0n) is 13.0. The Kier molecular flexibility index (Phi) is 5.95. The van der Waals surface area contributed by atoms with Crippen LogP contribution in [0, 0.1) is 0 Å². The van der Waals surface area contributed by atoms with Crippen molar-refractivity contribution in [2.45, 2.75) is 51.2 Å². The van der Waals surface area contributed by atoms with Gasteiger partial charge in [0.2, 0.25) is 5.91 Å². The molecule has 1 aromatic carbocycles. The molecule has 5 nitrogen and oxygen atoms in total. The van der Waals surface area contributed by atoms with Crippen LogP contribution in [0.4, 0.5) is 0 Å². The molecular formula is C17H24N2O3. The molecule has 0 radical (unpaired) electrons. The third-order valence-electron chi connectivity index (χ3n) is 4.09. The SMILES string of the molecule is CCCC(NC(=O)C1CCCN1Cc1ccccc1)C(=O)O. The van der Waals surface area contributed by atoms with Crippen LogP contribution in [-0.2, 0) is 16.1 Å². The minimum atomic E-state index is -0.956. The maximum absolute atomic E-state index is 12.4. The van der Waals surface area contributed by atoms with Gasteiger partial charge in [0.25, 0.3) is 0 Å². The molecule has 5 heteroatoms. The number of hydrogen-bond donors (Lipinski definition) is 2. The maximum atomic E-state index is 12.4. The Labute approximate surface area is 131 Å². The van der Waals surface area contributed by atoms with Crippen LogP contribution in [0.3, 0.4) is 0 Å². The van der Waals surface area contributed by atoms with Crippen LogP contribution < -0.4 is 5.32 Å². The zero-order chi connectivity index (χ0) is 15.9. The van der Waals surface area contributed by atoms with E-state index in [1.807, 2.05) is 37.3 Å². The Morgan fingerprint density at radius 1 is 1.36 bits per heavy atom. The lowest BCUT2D eigenvalue weighted by Crippen LogP contribution is -2.49. The van der Waals surface area contributed by atoms with E-state index < -0.39 is 12.0 Å². The van der Waals surface area contributed by atoms with Crippen molar-refractivity contribution in [3.63, 3.8) is 0 Å². The van der Waals surface area contributed by atoms with E-state index in [2.05, 4.69) is 10.2 Å². The Morgan fingerprint density at radius 2 is 2.09 bits per heavy atom. The van der Waals surface area contributed by atoms with Gasteiger partial charge in [0.15, 0.2) is 0 Å². The average molecular weight is 304 g/mol. The van der Waals surface area contributed by atoms with E-state index in [1.165, 1.54) is 5.56 Å². The summed E-state index contributed by atoms with van der Waals surface area (Å²) in [6, 6.07) is 9.04. The van der Waals surface area contributed by atoms with Crippen molar-refractivity contribution in [3.8, 4) is 0 Å². The predicted octanol–water partition coefficient (Wildman–Crippen LogP) is 2.02. The third-order valence-corrected chi connectivity index (χ3v) is 4.09. The second-order valence-electron chi connectivity index (χ2n) is 5.80. The summed E-state index contributed by atoms with van der Waals surface area (Å²) in [6.45, 7) is 3.52.